The predicted octanol–water partition coefficient (Wildman–Crippen LogP) is 15.8. The van der Waals surface area contributed by atoms with E-state index in [1.165, 1.54) is 0 Å². The molecule has 0 aliphatic carbocycles. The van der Waals surface area contributed by atoms with E-state index in [0.717, 1.165) is 94.7 Å². The van der Waals surface area contributed by atoms with Crippen LogP contribution in [0.5, 0.6) is 5.75 Å². The van der Waals surface area contributed by atoms with Gasteiger partial charge in [-0.1, -0.05) is 180 Å². The minimum atomic E-state index is -0.832. The van der Waals surface area contributed by atoms with Gasteiger partial charge >= 0.3 is 0 Å². The summed E-state index contributed by atoms with van der Waals surface area (Å²) in [5, 5.41) is 12.3. The largest absolute Gasteiger partial charge is 0.507 e. The summed E-state index contributed by atoms with van der Waals surface area (Å²) in [4.78, 5) is 10.5. The molecule has 0 radical (unpaired) electrons. The first-order chi connectivity index (χ1) is 30.9. The standard InChI is InChI=1S/C59H54N3O.Pt/c1-37(2)40-22-24-42(25-23-40)45-28-29-60-53(36-45)48-33-46(41-16-11-9-12-17-41)32-47(34-48)49-20-15-21-55-56(49)61-58(51-30-39(5)31-52(57(51)63)59(6,7)8)62(55)54-27-26-44(38(3)4)35-50(54)43-18-13-10-14-19-43;/h9-33,35-38,63H,1-8H3;/q-1;/i37D,38D;. The van der Waals surface area contributed by atoms with Gasteiger partial charge in [0.25, 0.3) is 0 Å². The number of para-hydroxylation sites is 1. The van der Waals surface area contributed by atoms with Crippen molar-refractivity contribution in [2.24, 2.45) is 0 Å². The summed E-state index contributed by atoms with van der Waals surface area (Å²) in [6.45, 7) is 16.1. The second kappa shape index (κ2) is 18.0. The number of benzene rings is 7. The summed E-state index contributed by atoms with van der Waals surface area (Å²) in [6.07, 6.45) is 1.85. The first kappa shape index (κ1) is 41.6. The van der Waals surface area contributed by atoms with Crippen LogP contribution in [-0.4, -0.2) is 19.6 Å². The molecule has 64 heavy (non-hydrogen) atoms. The number of phenolic OH excluding ortho intramolecular Hbond substituents is 1. The van der Waals surface area contributed by atoms with E-state index in [4.69, 9.17) is 12.7 Å². The van der Waals surface area contributed by atoms with Crippen molar-refractivity contribution in [3.05, 3.63) is 192 Å². The minimum absolute atomic E-state index is 0. The number of pyridine rings is 1. The first-order valence-corrected chi connectivity index (χ1v) is 21.7. The van der Waals surface area contributed by atoms with Gasteiger partial charge in [-0.15, -0.1) is 23.8 Å². The second-order valence-corrected chi connectivity index (χ2v) is 18.1. The van der Waals surface area contributed by atoms with Crippen LogP contribution >= 0.6 is 0 Å². The molecule has 0 unspecified atom stereocenters. The molecule has 9 rings (SSSR count). The van der Waals surface area contributed by atoms with Crippen LogP contribution in [0.15, 0.2) is 164 Å². The Morgan fingerprint density at radius 2 is 1.23 bits per heavy atom. The fraction of sp³-hybridized carbons (Fsp3) is 0.186. The van der Waals surface area contributed by atoms with Crippen LogP contribution in [0.2, 0.25) is 0 Å². The molecular weight excluding hydrogens is 962 g/mol. The van der Waals surface area contributed by atoms with Crippen LogP contribution in [0.25, 0.3) is 83.9 Å². The number of aromatic nitrogens is 3. The molecule has 9 aromatic rings. The number of aryl methyl sites for hydroxylation is 1. The SMILES string of the molecule is [2H]C(C)(C)c1ccc(-c2ccnc(-c3[c-]c(-c4cccc5c4nc(-c4cc(C)cc(C(C)(C)C)c4O)n5-c4ccc(C([2H])(C)C)cc4-c4ccccc4)cc(-c4ccccc4)c3)c2)cc1.[Pt]. The van der Waals surface area contributed by atoms with Gasteiger partial charge in [0.15, 0.2) is 0 Å². The zero-order chi connectivity index (χ0) is 45.8. The molecule has 2 aromatic heterocycles. The molecule has 0 spiro atoms. The van der Waals surface area contributed by atoms with Gasteiger partial charge in [-0.2, -0.15) is 0 Å². The van der Waals surface area contributed by atoms with Gasteiger partial charge in [-0.05, 0) is 93.4 Å². The minimum Gasteiger partial charge on any atom is -0.507 e. The summed E-state index contributed by atoms with van der Waals surface area (Å²) in [7, 11) is 0. The number of hydrogen-bond acceptors (Lipinski definition) is 3. The van der Waals surface area contributed by atoms with Crippen LogP contribution in [0.1, 0.15) is 85.2 Å². The van der Waals surface area contributed by atoms with Crippen LogP contribution in [0, 0.1) is 13.0 Å². The Balaban J connectivity index is 0.00000592. The maximum absolute atomic E-state index is 12.3. The third kappa shape index (κ3) is 8.65. The molecule has 0 aliphatic rings. The number of rotatable bonds is 9. The number of fused-ring (bicyclic) bond motifs is 1. The molecule has 7 aromatic carbocycles. The molecule has 0 fully saturated rings. The van der Waals surface area contributed by atoms with Crippen LogP contribution in [0.4, 0.5) is 0 Å². The molecule has 322 valence electrons. The van der Waals surface area contributed by atoms with E-state index in [1.807, 2.05) is 88.5 Å². The van der Waals surface area contributed by atoms with Crippen molar-refractivity contribution in [2.45, 2.75) is 72.6 Å². The maximum Gasteiger partial charge on any atom is 0.148 e. The van der Waals surface area contributed by atoms with Gasteiger partial charge in [-0.25, -0.2) is 4.98 Å². The van der Waals surface area contributed by atoms with E-state index in [1.54, 1.807) is 0 Å². The summed E-state index contributed by atoms with van der Waals surface area (Å²) in [5.74, 6) is -0.700. The molecule has 1 N–H and O–H groups in total. The molecule has 0 atom stereocenters. The first-order valence-electron chi connectivity index (χ1n) is 22.7. The molecule has 0 saturated carbocycles. The van der Waals surface area contributed by atoms with E-state index in [-0.39, 0.29) is 32.2 Å². The van der Waals surface area contributed by atoms with Crippen LogP contribution in [-0.2, 0) is 26.5 Å². The van der Waals surface area contributed by atoms with Crippen molar-refractivity contribution >= 4 is 11.0 Å². The normalized spacial score (nSPS) is 12.4. The van der Waals surface area contributed by atoms with Gasteiger partial charge in [-0.3, -0.25) is 9.55 Å². The number of nitrogens with zero attached hydrogens (tertiary/aromatic N) is 3. The summed E-state index contributed by atoms with van der Waals surface area (Å²) >= 11 is 0. The Hall–Kier alpha value is -6.35. The van der Waals surface area contributed by atoms with E-state index < -0.39 is 11.8 Å². The van der Waals surface area contributed by atoms with Gasteiger partial charge < -0.3 is 5.11 Å². The predicted molar refractivity (Wildman–Crippen MR) is 264 cm³/mol. The molecule has 4 nitrogen and oxygen atoms in total. The third-order valence-corrected chi connectivity index (χ3v) is 12.0. The fourth-order valence-electron chi connectivity index (χ4n) is 8.56. The summed E-state index contributed by atoms with van der Waals surface area (Å²) in [6, 6.07) is 57.8. The van der Waals surface area contributed by atoms with Crippen molar-refractivity contribution in [2.75, 3.05) is 0 Å². The van der Waals surface area contributed by atoms with Crippen molar-refractivity contribution in [1.82, 2.24) is 14.5 Å². The quantitative estimate of drug-likeness (QED) is 0.147. The fourth-order valence-corrected chi connectivity index (χ4v) is 8.56. The average Bonchev–Trinajstić information content (AvgIpc) is 3.68. The van der Waals surface area contributed by atoms with E-state index in [0.29, 0.717) is 11.4 Å². The van der Waals surface area contributed by atoms with E-state index in [2.05, 4.69) is 141 Å². The van der Waals surface area contributed by atoms with Gasteiger partial charge in [0.1, 0.15) is 11.6 Å². The number of phenols is 1. The molecule has 0 aliphatic heterocycles. The smallest absolute Gasteiger partial charge is 0.148 e. The number of aromatic hydroxyl groups is 1. The average molecular weight is 1020 g/mol. The Morgan fingerprint density at radius 1 is 0.594 bits per heavy atom. The van der Waals surface area contributed by atoms with Crippen molar-refractivity contribution in [1.29, 1.82) is 0 Å². The molecular formula is C59H54N3OPt-. The molecule has 0 bridgehead atoms. The van der Waals surface area contributed by atoms with Crippen molar-refractivity contribution < 1.29 is 28.9 Å². The monoisotopic (exact) mass is 1020 g/mol. The van der Waals surface area contributed by atoms with Crippen LogP contribution < -0.4 is 0 Å². The third-order valence-electron chi connectivity index (χ3n) is 12.0. The number of hydrogen-bond donors (Lipinski definition) is 1. The Morgan fingerprint density at radius 3 is 1.91 bits per heavy atom. The Labute approximate surface area is 395 Å². The number of imidazole rings is 1. The summed E-state index contributed by atoms with van der Waals surface area (Å²) < 4.78 is 19.7. The molecule has 2 heterocycles. The van der Waals surface area contributed by atoms with Crippen molar-refractivity contribution in [3.8, 4) is 78.6 Å². The zero-order valence-electron chi connectivity index (χ0n) is 39.7. The molecule has 5 heteroatoms. The zero-order valence-corrected chi connectivity index (χ0v) is 40.0. The van der Waals surface area contributed by atoms with Crippen LogP contribution in [0.3, 0.4) is 0 Å². The molecule has 0 saturated heterocycles. The maximum atomic E-state index is 12.3. The van der Waals surface area contributed by atoms with Gasteiger partial charge in [0.05, 0.1) is 22.3 Å². The van der Waals surface area contributed by atoms with Crippen molar-refractivity contribution in [3.63, 3.8) is 0 Å². The van der Waals surface area contributed by atoms with Gasteiger partial charge in [0, 0.05) is 46.8 Å². The van der Waals surface area contributed by atoms with E-state index in [9.17, 15) is 5.11 Å². The Bertz CT molecular complexity index is 3210. The second-order valence-electron chi connectivity index (χ2n) is 18.1. The summed E-state index contributed by atoms with van der Waals surface area (Å²) in [5.41, 5.74) is 16.1. The Kier molecular flexibility index (Phi) is 11.7. The van der Waals surface area contributed by atoms with E-state index >= 15 is 0 Å². The topological polar surface area (TPSA) is 50.9 Å². The van der Waals surface area contributed by atoms with Gasteiger partial charge in [0.2, 0.25) is 0 Å². The molecule has 0 amide bonds.